The maximum atomic E-state index is 11.2. The van der Waals surface area contributed by atoms with Crippen LogP contribution in [0.25, 0.3) is 0 Å². The van der Waals surface area contributed by atoms with Gasteiger partial charge in [-0.05, 0) is 48.5 Å². The van der Waals surface area contributed by atoms with Crippen LogP contribution in [0.3, 0.4) is 0 Å². The van der Waals surface area contributed by atoms with Gasteiger partial charge in [0.25, 0.3) is 0 Å². The van der Waals surface area contributed by atoms with Gasteiger partial charge in [0.1, 0.15) is 0 Å². The first-order valence-corrected chi connectivity index (χ1v) is 9.10. The molecule has 23 heavy (non-hydrogen) atoms. The minimum Gasteiger partial charge on any atom is -0.362 e. The summed E-state index contributed by atoms with van der Waals surface area (Å²) in [6.07, 6.45) is 0.690. The zero-order chi connectivity index (χ0) is 16.9. The van der Waals surface area contributed by atoms with E-state index in [4.69, 9.17) is 29.0 Å². The van der Waals surface area contributed by atoms with Crippen molar-refractivity contribution < 1.29 is 8.42 Å². The summed E-state index contributed by atoms with van der Waals surface area (Å²) in [5.74, 6) is 0. The number of sulfonamides is 1. The average Bonchev–Trinajstić information content (AvgIpc) is 2.49. The second kappa shape index (κ2) is 7.74. The molecule has 0 unspecified atom stereocenters. The summed E-state index contributed by atoms with van der Waals surface area (Å²) < 4.78 is 22.4. The third kappa shape index (κ3) is 5.47. The number of nitrogens with one attached hydrogen (secondary N) is 2. The zero-order valence-electron chi connectivity index (χ0n) is 12.1. The number of nitrogens with two attached hydrogens (primary N) is 1. The number of benzene rings is 2. The molecule has 0 aliphatic rings. The normalized spacial score (nSPS) is 11.0. The summed E-state index contributed by atoms with van der Waals surface area (Å²) in [6, 6.07) is 13.8. The molecule has 0 aromatic heterocycles. The minimum absolute atomic E-state index is 0.102. The first-order valence-electron chi connectivity index (χ1n) is 6.77. The van der Waals surface area contributed by atoms with Gasteiger partial charge in [-0.1, -0.05) is 35.9 Å². The molecule has 0 fully saturated rings. The molecule has 0 aliphatic heterocycles. The van der Waals surface area contributed by atoms with Crippen LogP contribution in [0.2, 0.25) is 5.02 Å². The van der Waals surface area contributed by atoms with Gasteiger partial charge in [-0.25, -0.2) is 13.6 Å². The van der Waals surface area contributed by atoms with Crippen LogP contribution in [0.15, 0.2) is 53.4 Å². The quantitative estimate of drug-likeness (QED) is 0.705. The van der Waals surface area contributed by atoms with Crippen molar-refractivity contribution in [2.45, 2.75) is 11.3 Å². The maximum Gasteiger partial charge on any atom is 0.238 e. The third-order valence-electron chi connectivity index (χ3n) is 3.07. The van der Waals surface area contributed by atoms with Crippen LogP contribution in [0.1, 0.15) is 5.56 Å². The Morgan fingerprint density at radius 2 is 1.78 bits per heavy atom. The number of hydrogen-bond acceptors (Lipinski definition) is 3. The van der Waals surface area contributed by atoms with Crippen molar-refractivity contribution in [1.82, 2.24) is 5.32 Å². The molecule has 8 heteroatoms. The summed E-state index contributed by atoms with van der Waals surface area (Å²) in [5, 5.41) is 12.2. The maximum absolute atomic E-state index is 11.2. The molecule has 0 saturated heterocycles. The highest BCUT2D eigenvalue weighted by Gasteiger charge is 2.06. The van der Waals surface area contributed by atoms with Crippen LogP contribution < -0.4 is 15.8 Å². The molecular formula is C15H16ClN3O2S2. The van der Waals surface area contributed by atoms with E-state index in [0.29, 0.717) is 23.1 Å². The van der Waals surface area contributed by atoms with Gasteiger partial charge in [-0.15, -0.1) is 0 Å². The molecule has 2 aromatic rings. The molecule has 0 heterocycles. The fraction of sp³-hybridized carbons (Fsp3) is 0.133. The van der Waals surface area contributed by atoms with E-state index in [1.54, 1.807) is 18.2 Å². The fourth-order valence-corrected chi connectivity index (χ4v) is 2.81. The van der Waals surface area contributed by atoms with E-state index in [1.165, 1.54) is 12.1 Å². The number of hydrogen-bond donors (Lipinski definition) is 3. The first kappa shape index (κ1) is 17.7. The van der Waals surface area contributed by atoms with Gasteiger partial charge in [0.15, 0.2) is 5.11 Å². The monoisotopic (exact) mass is 369 g/mol. The van der Waals surface area contributed by atoms with Crippen molar-refractivity contribution in [3.63, 3.8) is 0 Å². The lowest BCUT2D eigenvalue weighted by Crippen LogP contribution is -2.30. The first-order chi connectivity index (χ1) is 10.9. The number of rotatable bonds is 5. The van der Waals surface area contributed by atoms with E-state index in [2.05, 4.69) is 10.6 Å². The molecular weight excluding hydrogens is 354 g/mol. The van der Waals surface area contributed by atoms with Crippen LogP contribution in [0, 0.1) is 0 Å². The summed E-state index contributed by atoms with van der Waals surface area (Å²) in [7, 11) is -3.65. The standard InChI is InChI=1S/C15H16ClN3O2S2/c16-13-3-1-2-4-14(13)19-15(22)18-10-9-11-5-7-12(8-6-11)23(17,20)21/h1-8H,9-10H2,(H2,17,20,21)(H2,18,19,22). The van der Waals surface area contributed by atoms with Gasteiger partial charge in [0.2, 0.25) is 10.0 Å². The summed E-state index contributed by atoms with van der Waals surface area (Å²) in [4.78, 5) is 0.102. The molecule has 4 N–H and O–H groups in total. The third-order valence-corrected chi connectivity index (χ3v) is 4.58. The lowest BCUT2D eigenvalue weighted by Gasteiger charge is -2.11. The van der Waals surface area contributed by atoms with Gasteiger partial charge in [0, 0.05) is 6.54 Å². The summed E-state index contributed by atoms with van der Waals surface area (Å²) in [5.41, 5.74) is 1.72. The number of thiocarbonyl (C=S) groups is 1. The van der Waals surface area contributed by atoms with E-state index in [1.807, 2.05) is 18.2 Å². The molecule has 0 amide bonds. The molecule has 0 radical (unpaired) electrons. The zero-order valence-corrected chi connectivity index (χ0v) is 14.5. The minimum atomic E-state index is -3.65. The van der Waals surface area contributed by atoms with E-state index in [9.17, 15) is 8.42 Å². The average molecular weight is 370 g/mol. The Labute approximate surface area is 145 Å². The molecule has 2 aromatic carbocycles. The second-order valence-corrected chi connectivity index (χ2v) is 7.18. The fourth-order valence-electron chi connectivity index (χ4n) is 1.90. The molecule has 0 spiro atoms. The lowest BCUT2D eigenvalue weighted by atomic mass is 10.1. The molecule has 0 saturated carbocycles. The van der Waals surface area contributed by atoms with Crippen LogP contribution in [0.4, 0.5) is 5.69 Å². The topological polar surface area (TPSA) is 84.2 Å². The van der Waals surface area contributed by atoms with Crippen molar-refractivity contribution in [2.24, 2.45) is 5.14 Å². The Hall–Kier alpha value is -1.67. The van der Waals surface area contributed by atoms with Gasteiger partial charge >= 0.3 is 0 Å². The van der Waals surface area contributed by atoms with E-state index in [-0.39, 0.29) is 4.90 Å². The predicted octanol–water partition coefficient (Wildman–Crippen LogP) is 2.52. The Morgan fingerprint density at radius 1 is 1.13 bits per heavy atom. The molecule has 122 valence electrons. The summed E-state index contributed by atoms with van der Waals surface area (Å²) >= 11 is 11.2. The number of primary sulfonamides is 1. The largest absolute Gasteiger partial charge is 0.362 e. The van der Waals surface area contributed by atoms with Crippen molar-refractivity contribution >= 4 is 44.6 Å². The van der Waals surface area contributed by atoms with Crippen molar-refractivity contribution in [2.75, 3.05) is 11.9 Å². The second-order valence-electron chi connectivity index (χ2n) is 4.80. The van der Waals surface area contributed by atoms with Crippen LogP contribution in [0.5, 0.6) is 0 Å². The Morgan fingerprint density at radius 3 is 2.39 bits per heavy atom. The number of anilines is 1. The Bertz CT molecular complexity index is 793. The van der Waals surface area contributed by atoms with E-state index in [0.717, 1.165) is 11.3 Å². The van der Waals surface area contributed by atoms with E-state index >= 15 is 0 Å². The molecule has 0 aliphatic carbocycles. The van der Waals surface area contributed by atoms with Crippen LogP contribution >= 0.6 is 23.8 Å². The number of para-hydroxylation sites is 1. The molecule has 0 bridgehead atoms. The molecule has 5 nitrogen and oxygen atoms in total. The van der Waals surface area contributed by atoms with Gasteiger partial charge in [-0.3, -0.25) is 0 Å². The highest BCUT2D eigenvalue weighted by Crippen LogP contribution is 2.20. The van der Waals surface area contributed by atoms with Crippen molar-refractivity contribution in [1.29, 1.82) is 0 Å². The highest BCUT2D eigenvalue weighted by molar-refractivity contribution is 7.89. The Balaban J connectivity index is 1.83. The van der Waals surface area contributed by atoms with E-state index < -0.39 is 10.0 Å². The number of halogens is 1. The van der Waals surface area contributed by atoms with Gasteiger partial charge in [-0.2, -0.15) is 0 Å². The Kier molecular flexibility index (Phi) is 5.95. The van der Waals surface area contributed by atoms with Crippen molar-refractivity contribution in [3.05, 3.63) is 59.1 Å². The molecule has 0 atom stereocenters. The van der Waals surface area contributed by atoms with Gasteiger partial charge in [0.05, 0.1) is 15.6 Å². The highest BCUT2D eigenvalue weighted by atomic mass is 35.5. The lowest BCUT2D eigenvalue weighted by molar-refractivity contribution is 0.598. The van der Waals surface area contributed by atoms with Crippen molar-refractivity contribution in [3.8, 4) is 0 Å². The summed E-state index contributed by atoms with van der Waals surface area (Å²) in [6.45, 7) is 0.602. The van der Waals surface area contributed by atoms with Crippen LogP contribution in [-0.2, 0) is 16.4 Å². The predicted molar refractivity (Wildman–Crippen MR) is 97.2 cm³/mol. The SMILES string of the molecule is NS(=O)(=O)c1ccc(CCNC(=S)Nc2ccccc2Cl)cc1. The van der Waals surface area contributed by atoms with Crippen LogP contribution in [-0.4, -0.2) is 20.1 Å². The molecule has 2 rings (SSSR count). The smallest absolute Gasteiger partial charge is 0.238 e. The van der Waals surface area contributed by atoms with Gasteiger partial charge < -0.3 is 10.6 Å².